The first-order valence-electron chi connectivity index (χ1n) is 10.7. The van der Waals surface area contributed by atoms with Gasteiger partial charge in [-0.25, -0.2) is 14.8 Å². The molecule has 184 valence electrons. The van der Waals surface area contributed by atoms with E-state index in [1.807, 2.05) is 0 Å². The number of aryl methyl sites for hydroxylation is 1. The molecule has 0 aliphatic carbocycles. The van der Waals surface area contributed by atoms with Crippen molar-refractivity contribution in [2.75, 3.05) is 6.54 Å². The summed E-state index contributed by atoms with van der Waals surface area (Å²) in [5.41, 5.74) is -1.70. The SMILES string of the molecule is CC1(O)C[C@@H](C(=O)CCc2cc(-c3ccc(C(F)(F)F)nc3)ncn2)N(C(=O)OC(C)(C)C)C1. The summed E-state index contributed by atoms with van der Waals surface area (Å²) in [4.78, 5) is 38.4. The Balaban J connectivity index is 1.69. The van der Waals surface area contributed by atoms with Gasteiger partial charge in [0, 0.05) is 30.3 Å². The van der Waals surface area contributed by atoms with Crippen molar-refractivity contribution < 1.29 is 32.6 Å². The predicted octanol–water partition coefficient (Wildman–Crippen LogP) is 3.82. The van der Waals surface area contributed by atoms with Crippen LogP contribution < -0.4 is 0 Å². The molecule has 0 aromatic carbocycles. The first-order chi connectivity index (χ1) is 15.6. The first-order valence-corrected chi connectivity index (χ1v) is 10.7. The van der Waals surface area contributed by atoms with Gasteiger partial charge in [-0.3, -0.25) is 14.7 Å². The minimum Gasteiger partial charge on any atom is -0.444 e. The molecule has 0 radical (unpaired) electrons. The van der Waals surface area contributed by atoms with Crippen LogP contribution >= 0.6 is 0 Å². The van der Waals surface area contributed by atoms with Gasteiger partial charge in [-0.05, 0) is 52.3 Å². The Morgan fingerprint density at radius 3 is 2.50 bits per heavy atom. The zero-order chi connectivity index (χ0) is 25.3. The largest absolute Gasteiger partial charge is 0.444 e. The summed E-state index contributed by atoms with van der Waals surface area (Å²) >= 11 is 0. The van der Waals surface area contributed by atoms with E-state index < -0.39 is 35.2 Å². The number of carbonyl (C=O) groups excluding carboxylic acids is 2. The highest BCUT2D eigenvalue weighted by atomic mass is 19.4. The molecule has 1 aliphatic rings. The second-order valence-corrected chi connectivity index (χ2v) is 9.62. The Kier molecular flexibility index (Phi) is 6.97. The highest BCUT2D eigenvalue weighted by molar-refractivity contribution is 5.88. The van der Waals surface area contributed by atoms with Crippen molar-refractivity contribution in [2.45, 2.75) is 70.4 Å². The van der Waals surface area contributed by atoms with Crippen molar-refractivity contribution in [1.82, 2.24) is 19.9 Å². The third-order valence-corrected chi connectivity index (χ3v) is 5.22. The molecule has 0 saturated carbocycles. The van der Waals surface area contributed by atoms with Crippen LogP contribution in [0.3, 0.4) is 0 Å². The standard InChI is InChI=1S/C23H27F3N4O4/c1-21(2,3)34-20(32)30-12-22(4,33)10-17(30)18(31)7-6-15-9-16(29-13-28-15)14-5-8-19(27-11-14)23(24,25)26/h5,8-9,11,13,17,33H,6-7,10,12H2,1-4H3/t17-,22?/m0/s1. The van der Waals surface area contributed by atoms with Crippen LogP contribution in [0, 0.1) is 0 Å². The summed E-state index contributed by atoms with van der Waals surface area (Å²) in [6.07, 6.45) is -2.49. The molecule has 1 saturated heterocycles. The molecule has 0 spiro atoms. The van der Waals surface area contributed by atoms with Crippen LogP contribution in [0.25, 0.3) is 11.3 Å². The number of amides is 1. The number of ketones is 1. The number of rotatable bonds is 5. The van der Waals surface area contributed by atoms with Crippen molar-refractivity contribution in [3.8, 4) is 11.3 Å². The molecule has 8 nitrogen and oxygen atoms in total. The zero-order valence-electron chi connectivity index (χ0n) is 19.4. The average Bonchev–Trinajstić information content (AvgIpc) is 3.06. The van der Waals surface area contributed by atoms with Gasteiger partial charge in [-0.2, -0.15) is 13.2 Å². The predicted molar refractivity (Wildman–Crippen MR) is 116 cm³/mol. The van der Waals surface area contributed by atoms with Crippen LogP contribution in [0.5, 0.6) is 0 Å². The maximum absolute atomic E-state index is 13.0. The van der Waals surface area contributed by atoms with Crippen LogP contribution in [-0.2, 0) is 22.1 Å². The lowest BCUT2D eigenvalue weighted by molar-refractivity contribution is -0.141. The fourth-order valence-corrected chi connectivity index (χ4v) is 3.69. The maximum atomic E-state index is 13.0. The number of pyridine rings is 1. The quantitative estimate of drug-likeness (QED) is 0.694. The molecular formula is C23H27F3N4O4. The first kappa shape index (κ1) is 25.5. The van der Waals surface area contributed by atoms with Crippen LogP contribution in [0.2, 0.25) is 0 Å². The Morgan fingerprint density at radius 2 is 1.91 bits per heavy atom. The Labute approximate surface area is 195 Å². The second kappa shape index (κ2) is 9.28. The normalized spacial score (nSPS) is 20.9. The number of hydrogen-bond acceptors (Lipinski definition) is 7. The monoisotopic (exact) mass is 480 g/mol. The molecule has 11 heteroatoms. The zero-order valence-corrected chi connectivity index (χ0v) is 19.4. The summed E-state index contributed by atoms with van der Waals surface area (Å²) in [5, 5.41) is 10.5. The van der Waals surface area contributed by atoms with Crippen LogP contribution in [0.4, 0.5) is 18.0 Å². The topological polar surface area (TPSA) is 106 Å². The number of likely N-dealkylation sites (tertiary alicyclic amines) is 1. The third-order valence-electron chi connectivity index (χ3n) is 5.22. The van der Waals surface area contributed by atoms with E-state index in [1.165, 1.54) is 17.3 Å². The number of aliphatic hydroxyl groups is 1. The summed E-state index contributed by atoms with van der Waals surface area (Å²) < 4.78 is 43.6. The number of carbonyl (C=O) groups is 2. The van der Waals surface area contributed by atoms with E-state index in [0.717, 1.165) is 12.3 Å². The van der Waals surface area contributed by atoms with Gasteiger partial charge in [-0.15, -0.1) is 0 Å². The fraction of sp³-hybridized carbons (Fsp3) is 0.522. The molecule has 34 heavy (non-hydrogen) atoms. The maximum Gasteiger partial charge on any atom is 0.433 e. The average molecular weight is 480 g/mol. The molecule has 2 aromatic heterocycles. The molecule has 1 fully saturated rings. The van der Waals surface area contributed by atoms with Gasteiger partial charge in [0.05, 0.1) is 23.9 Å². The minimum atomic E-state index is -4.53. The third kappa shape index (κ3) is 6.49. The molecule has 1 amide bonds. The second-order valence-electron chi connectivity index (χ2n) is 9.62. The summed E-state index contributed by atoms with van der Waals surface area (Å²) in [6, 6.07) is 2.89. The van der Waals surface area contributed by atoms with E-state index in [0.29, 0.717) is 17.0 Å². The number of alkyl halides is 3. The van der Waals surface area contributed by atoms with E-state index >= 15 is 0 Å². The number of hydrogen-bond donors (Lipinski definition) is 1. The summed E-state index contributed by atoms with van der Waals surface area (Å²) in [6.45, 7) is 6.70. The minimum absolute atomic E-state index is 0.0170. The smallest absolute Gasteiger partial charge is 0.433 e. The number of ether oxygens (including phenoxy) is 1. The lowest BCUT2D eigenvalue weighted by Gasteiger charge is -2.28. The molecule has 1 unspecified atom stereocenters. The molecular weight excluding hydrogens is 453 g/mol. The van der Waals surface area contributed by atoms with E-state index in [9.17, 15) is 27.9 Å². The number of halogens is 3. The van der Waals surface area contributed by atoms with Gasteiger partial charge in [0.2, 0.25) is 0 Å². The number of Topliss-reactive ketones (excluding diaryl/α,β-unsaturated/α-hetero) is 1. The van der Waals surface area contributed by atoms with Crippen LogP contribution in [-0.4, -0.2) is 60.6 Å². The lowest BCUT2D eigenvalue weighted by Crippen LogP contribution is -2.44. The molecule has 3 rings (SSSR count). The van der Waals surface area contributed by atoms with Crippen molar-refractivity contribution >= 4 is 11.9 Å². The van der Waals surface area contributed by atoms with Crippen LogP contribution in [0.1, 0.15) is 51.9 Å². The van der Waals surface area contributed by atoms with Crippen molar-refractivity contribution in [3.05, 3.63) is 42.1 Å². The van der Waals surface area contributed by atoms with Gasteiger partial charge in [0.1, 0.15) is 17.6 Å². The molecule has 0 bridgehead atoms. The van der Waals surface area contributed by atoms with Gasteiger partial charge in [-0.1, -0.05) is 0 Å². The highest BCUT2D eigenvalue weighted by Gasteiger charge is 2.46. The fourth-order valence-electron chi connectivity index (χ4n) is 3.69. The molecule has 2 atom stereocenters. The van der Waals surface area contributed by atoms with Crippen molar-refractivity contribution in [3.63, 3.8) is 0 Å². The molecule has 1 N–H and O–H groups in total. The summed E-state index contributed by atoms with van der Waals surface area (Å²) in [5.74, 6) is -0.250. The summed E-state index contributed by atoms with van der Waals surface area (Å²) in [7, 11) is 0. The highest BCUT2D eigenvalue weighted by Crippen LogP contribution is 2.31. The van der Waals surface area contributed by atoms with Crippen molar-refractivity contribution in [1.29, 1.82) is 0 Å². The Bertz CT molecular complexity index is 1050. The van der Waals surface area contributed by atoms with Gasteiger partial charge in [0.25, 0.3) is 0 Å². The molecule has 2 aromatic rings. The number of nitrogens with zero attached hydrogens (tertiary/aromatic N) is 4. The van der Waals surface area contributed by atoms with E-state index in [4.69, 9.17) is 4.74 Å². The number of β-amino-alcohol motifs (C(OH)–C–C–N with tert-alkyl or cyclic N) is 1. The van der Waals surface area contributed by atoms with E-state index in [1.54, 1.807) is 33.8 Å². The van der Waals surface area contributed by atoms with E-state index in [2.05, 4.69) is 15.0 Å². The Hall–Kier alpha value is -3.08. The molecule has 3 heterocycles. The Morgan fingerprint density at radius 1 is 1.21 bits per heavy atom. The van der Waals surface area contributed by atoms with E-state index in [-0.39, 0.29) is 31.6 Å². The van der Waals surface area contributed by atoms with Gasteiger partial charge >= 0.3 is 12.3 Å². The van der Waals surface area contributed by atoms with Gasteiger partial charge < -0.3 is 9.84 Å². The van der Waals surface area contributed by atoms with Crippen molar-refractivity contribution in [2.24, 2.45) is 0 Å². The number of aromatic nitrogens is 3. The van der Waals surface area contributed by atoms with Crippen LogP contribution in [0.15, 0.2) is 30.7 Å². The lowest BCUT2D eigenvalue weighted by atomic mass is 9.98. The van der Waals surface area contributed by atoms with Gasteiger partial charge in [0.15, 0.2) is 5.78 Å². The molecule has 1 aliphatic heterocycles.